The number of amides is 3. The van der Waals surface area contributed by atoms with Crippen LogP contribution in [-0.2, 0) is 34.3 Å². The van der Waals surface area contributed by atoms with Crippen molar-refractivity contribution in [3.8, 4) is 5.75 Å². The van der Waals surface area contributed by atoms with E-state index in [1.165, 1.54) is 14.0 Å². The maximum atomic E-state index is 15.0. The number of aliphatic hydroxyl groups excluding tert-OH is 2. The molecule has 272 valence electrons. The van der Waals surface area contributed by atoms with E-state index in [9.17, 15) is 29.4 Å². The quantitative estimate of drug-likeness (QED) is 0.162. The molecule has 2 aromatic rings. The van der Waals surface area contributed by atoms with Crippen molar-refractivity contribution >= 4 is 48.3 Å². The van der Waals surface area contributed by atoms with Crippen LogP contribution in [0.4, 0.5) is 11.4 Å². The standard InChI is InChI=1S/C37H51N3O9Si/c1-23-34(50(5,6)28-15-13-27(47-3)14-16-28)31(21-32(43)39-19-9-10-26(39)22-41)49-37(23)29-20-25(38-35(45)24(2)42)12-17-30(29)40(36(37)46)18-8-7-11-33(44)48-4/h12-17,20,23-24,26,31,34,41-42H,7-11,18-19,21-22H2,1-6H3,(H,38,45)/t23-,24-,26-,31+,34-,37+/m0/s1. The highest BCUT2D eigenvalue weighted by Gasteiger charge is 2.66. The third-order valence-corrected chi connectivity index (χ3v) is 15.4. The maximum absolute atomic E-state index is 15.0. The summed E-state index contributed by atoms with van der Waals surface area (Å²) < 4.78 is 17.3. The van der Waals surface area contributed by atoms with E-state index >= 15 is 0 Å². The molecule has 6 atom stereocenters. The van der Waals surface area contributed by atoms with E-state index in [0.29, 0.717) is 42.9 Å². The molecule has 2 aromatic carbocycles. The summed E-state index contributed by atoms with van der Waals surface area (Å²) in [5.74, 6) is -0.902. The van der Waals surface area contributed by atoms with Crippen molar-refractivity contribution in [2.45, 2.75) is 94.9 Å². The van der Waals surface area contributed by atoms with Gasteiger partial charge in [0, 0.05) is 36.7 Å². The molecule has 2 fully saturated rings. The number of methoxy groups -OCH3 is 2. The van der Waals surface area contributed by atoms with Gasteiger partial charge in [0.05, 0.1) is 53.2 Å². The van der Waals surface area contributed by atoms with Gasteiger partial charge < -0.3 is 39.5 Å². The van der Waals surface area contributed by atoms with E-state index in [0.717, 1.165) is 23.8 Å². The molecule has 5 rings (SSSR count). The van der Waals surface area contributed by atoms with Crippen LogP contribution in [0.15, 0.2) is 42.5 Å². The minimum atomic E-state index is -2.53. The minimum absolute atomic E-state index is 0.0556. The van der Waals surface area contributed by atoms with Gasteiger partial charge in [0.25, 0.3) is 11.8 Å². The first-order valence-electron chi connectivity index (χ1n) is 17.5. The number of rotatable bonds is 13. The Labute approximate surface area is 295 Å². The number of esters is 1. The highest BCUT2D eigenvalue weighted by molar-refractivity contribution is 6.91. The fraction of sp³-hybridized carbons (Fsp3) is 0.568. The van der Waals surface area contributed by atoms with E-state index in [1.807, 2.05) is 19.1 Å². The summed E-state index contributed by atoms with van der Waals surface area (Å²) in [6.07, 6.45) is 1.05. The minimum Gasteiger partial charge on any atom is -0.497 e. The molecule has 13 heteroatoms. The molecule has 0 bridgehead atoms. The molecule has 0 aromatic heterocycles. The van der Waals surface area contributed by atoms with Crippen LogP contribution in [0.3, 0.4) is 0 Å². The fourth-order valence-electron chi connectivity index (χ4n) is 8.34. The Kier molecular flexibility index (Phi) is 11.4. The molecule has 3 amide bonds. The molecule has 3 aliphatic heterocycles. The number of fused-ring (bicyclic) bond motifs is 2. The van der Waals surface area contributed by atoms with Crippen LogP contribution in [0.5, 0.6) is 5.75 Å². The number of likely N-dealkylation sites (tertiary alicyclic amines) is 1. The van der Waals surface area contributed by atoms with Gasteiger partial charge in [-0.1, -0.05) is 37.3 Å². The Bertz CT molecular complexity index is 1580. The van der Waals surface area contributed by atoms with Crippen molar-refractivity contribution in [3.05, 3.63) is 48.0 Å². The van der Waals surface area contributed by atoms with E-state index in [-0.39, 0.29) is 54.7 Å². The van der Waals surface area contributed by atoms with E-state index in [4.69, 9.17) is 14.2 Å². The zero-order valence-corrected chi connectivity index (χ0v) is 30.9. The average Bonchev–Trinajstić information content (AvgIpc) is 3.76. The Balaban J connectivity index is 1.59. The van der Waals surface area contributed by atoms with Crippen molar-refractivity contribution < 1.29 is 43.6 Å². The van der Waals surface area contributed by atoms with Crippen molar-refractivity contribution in [1.82, 2.24) is 4.90 Å². The molecular formula is C37H51N3O9Si. The van der Waals surface area contributed by atoms with Gasteiger partial charge >= 0.3 is 5.97 Å². The van der Waals surface area contributed by atoms with Gasteiger partial charge in [-0.05, 0) is 68.5 Å². The van der Waals surface area contributed by atoms with Crippen LogP contribution in [0.2, 0.25) is 18.6 Å². The summed E-state index contributed by atoms with van der Waals surface area (Å²) >= 11 is 0. The number of hydrogen-bond donors (Lipinski definition) is 3. The Morgan fingerprint density at radius 1 is 1.12 bits per heavy atom. The number of anilines is 2. The SMILES string of the molecule is COC(=O)CCCCN1C(=O)[C@]2(O[C@H](CC(=O)N3CCC[C@H]3CO)[C@@H]([Si](C)(C)c3ccc(OC)cc3)[C@@H]2C)c2cc(NC(=O)[C@H](C)O)ccc21. The molecule has 0 saturated carbocycles. The van der Waals surface area contributed by atoms with E-state index in [1.54, 1.807) is 35.1 Å². The van der Waals surface area contributed by atoms with Gasteiger partial charge in [-0.2, -0.15) is 0 Å². The fourth-order valence-corrected chi connectivity index (χ4v) is 12.4. The van der Waals surface area contributed by atoms with Crippen LogP contribution in [0, 0.1) is 5.92 Å². The second kappa shape index (κ2) is 15.2. The average molecular weight is 710 g/mol. The lowest BCUT2D eigenvalue weighted by Crippen LogP contribution is -2.52. The molecule has 0 aliphatic carbocycles. The Hall–Kier alpha value is -3.78. The highest BCUT2D eigenvalue weighted by atomic mass is 28.3. The summed E-state index contributed by atoms with van der Waals surface area (Å²) in [4.78, 5) is 56.7. The van der Waals surface area contributed by atoms with Crippen LogP contribution in [0.1, 0.15) is 57.9 Å². The highest BCUT2D eigenvalue weighted by Crippen LogP contribution is 2.60. The molecule has 50 heavy (non-hydrogen) atoms. The first-order valence-corrected chi connectivity index (χ1v) is 20.6. The van der Waals surface area contributed by atoms with E-state index in [2.05, 4.69) is 30.5 Å². The van der Waals surface area contributed by atoms with Gasteiger partial charge in [-0.15, -0.1) is 0 Å². The molecule has 0 unspecified atom stereocenters. The van der Waals surface area contributed by atoms with Crippen molar-refractivity contribution in [2.75, 3.05) is 44.1 Å². The van der Waals surface area contributed by atoms with Gasteiger partial charge in [0.15, 0.2) is 5.60 Å². The third kappa shape index (κ3) is 6.92. The Morgan fingerprint density at radius 2 is 1.84 bits per heavy atom. The number of hydrogen-bond acceptors (Lipinski definition) is 9. The van der Waals surface area contributed by atoms with Crippen molar-refractivity contribution in [3.63, 3.8) is 0 Å². The molecule has 3 heterocycles. The van der Waals surface area contributed by atoms with Gasteiger partial charge in [0.2, 0.25) is 5.91 Å². The molecule has 0 radical (unpaired) electrons. The monoisotopic (exact) mass is 709 g/mol. The molecule has 12 nitrogen and oxygen atoms in total. The number of unbranched alkanes of at least 4 members (excludes halogenated alkanes) is 1. The summed E-state index contributed by atoms with van der Waals surface area (Å²) in [5, 5.41) is 23.8. The van der Waals surface area contributed by atoms with Crippen LogP contribution >= 0.6 is 0 Å². The predicted molar refractivity (Wildman–Crippen MR) is 191 cm³/mol. The third-order valence-electron chi connectivity index (χ3n) is 11.0. The smallest absolute Gasteiger partial charge is 0.305 e. The van der Waals surface area contributed by atoms with Crippen LogP contribution in [0.25, 0.3) is 0 Å². The largest absolute Gasteiger partial charge is 0.497 e. The number of carbonyl (C=O) groups excluding carboxylic acids is 4. The second-order valence-corrected chi connectivity index (χ2v) is 19.0. The predicted octanol–water partition coefficient (Wildman–Crippen LogP) is 3.29. The zero-order chi connectivity index (χ0) is 36.4. The lowest BCUT2D eigenvalue weighted by molar-refractivity contribution is -0.150. The lowest BCUT2D eigenvalue weighted by Gasteiger charge is -2.37. The number of nitrogens with one attached hydrogen (secondary N) is 1. The first kappa shape index (κ1) is 37.5. The summed E-state index contributed by atoms with van der Waals surface area (Å²) in [6, 6.07) is 13.0. The summed E-state index contributed by atoms with van der Waals surface area (Å²) in [6.45, 7) is 8.69. The first-order chi connectivity index (χ1) is 23.8. The molecule has 3 aliphatic rings. The molecule has 3 N–H and O–H groups in total. The zero-order valence-electron chi connectivity index (χ0n) is 29.9. The Morgan fingerprint density at radius 3 is 2.48 bits per heavy atom. The topological polar surface area (TPSA) is 155 Å². The summed E-state index contributed by atoms with van der Waals surface area (Å²) in [5.41, 5.74) is -0.000841. The van der Waals surface area contributed by atoms with Crippen molar-refractivity contribution in [2.24, 2.45) is 5.92 Å². The van der Waals surface area contributed by atoms with Gasteiger partial charge in [-0.25, -0.2) is 0 Å². The van der Waals surface area contributed by atoms with Crippen LogP contribution in [-0.4, -0.2) is 99.0 Å². The van der Waals surface area contributed by atoms with Crippen LogP contribution < -0.4 is 20.1 Å². The number of aliphatic hydroxyl groups is 2. The maximum Gasteiger partial charge on any atom is 0.305 e. The number of benzene rings is 2. The van der Waals surface area contributed by atoms with E-state index < -0.39 is 31.8 Å². The van der Waals surface area contributed by atoms with Crippen molar-refractivity contribution in [1.29, 1.82) is 0 Å². The van der Waals surface area contributed by atoms with Gasteiger partial charge in [-0.3, -0.25) is 19.2 Å². The number of ether oxygens (including phenoxy) is 3. The second-order valence-electron chi connectivity index (χ2n) is 14.3. The normalized spacial score (nSPS) is 25.2. The summed E-state index contributed by atoms with van der Waals surface area (Å²) in [7, 11) is 0.435. The van der Waals surface area contributed by atoms with Gasteiger partial charge in [0.1, 0.15) is 11.9 Å². The molecule has 1 spiro atoms. The molecular weight excluding hydrogens is 659 g/mol. The lowest BCUT2D eigenvalue weighted by atomic mass is 9.82. The number of carbonyl (C=O) groups is 4. The molecule has 2 saturated heterocycles. The number of nitrogens with zero attached hydrogens (tertiary/aromatic N) is 2.